The number of esters is 1. The summed E-state index contributed by atoms with van der Waals surface area (Å²) in [5.74, 6) is 0.362. The Bertz CT molecular complexity index is 255. The van der Waals surface area contributed by atoms with Crippen LogP contribution in [0.15, 0.2) is 0 Å². The molecule has 0 N–H and O–H groups in total. The Kier molecular flexibility index (Phi) is 0.984. The molecule has 3 aliphatic carbocycles. The van der Waals surface area contributed by atoms with Gasteiger partial charge in [-0.1, -0.05) is 0 Å². The van der Waals surface area contributed by atoms with Gasteiger partial charge >= 0.3 is 5.97 Å². The Hall–Kier alpha value is -0.530. The third-order valence-electron chi connectivity index (χ3n) is 4.08. The van der Waals surface area contributed by atoms with Crippen LogP contribution >= 0.6 is 0 Å². The number of ether oxygens (including phenoxy) is 1. The van der Waals surface area contributed by atoms with Crippen LogP contribution in [0.25, 0.3) is 0 Å². The van der Waals surface area contributed by atoms with Crippen LogP contribution in [0.1, 0.15) is 32.6 Å². The van der Waals surface area contributed by atoms with Crippen LogP contribution in [-0.4, -0.2) is 12.6 Å². The summed E-state index contributed by atoms with van der Waals surface area (Å²) >= 11 is 0. The fourth-order valence-electron chi connectivity index (χ4n) is 3.02. The molecule has 3 saturated carbocycles. The molecule has 0 radical (unpaired) electrons. The van der Waals surface area contributed by atoms with E-state index < -0.39 is 0 Å². The second-order valence-corrected chi connectivity index (χ2v) is 4.62. The van der Waals surface area contributed by atoms with Gasteiger partial charge in [0.15, 0.2) is 0 Å². The molecule has 0 aliphatic heterocycles. The zero-order valence-corrected chi connectivity index (χ0v) is 7.43. The first kappa shape index (κ1) is 6.93. The summed E-state index contributed by atoms with van der Waals surface area (Å²) < 4.78 is 5.02. The van der Waals surface area contributed by atoms with Gasteiger partial charge in [0.2, 0.25) is 0 Å². The summed E-state index contributed by atoms with van der Waals surface area (Å²) in [7, 11) is 0. The topological polar surface area (TPSA) is 26.3 Å². The van der Waals surface area contributed by atoms with Crippen LogP contribution in [0.3, 0.4) is 0 Å². The van der Waals surface area contributed by atoms with E-state index in [1.165, 1.54) is 19.3 Å². The fourth-order valence-corrected chi connectivity index (χ4v) is 3.02. The van der Waals surface area contributed by atoms with E-state index in [2.05, 4.69) is 0 Å². The summed E-state index contributed by atoms with van der Waals surface area (Å²) in [5.41, 5.74) is 1.13. The molecule has 3 aliphatic rings. The lowest BCUT2D eigenvalue weighted by Gasteiger charge is -1.98. The average molecular weight is 166 g/mol. The molecule has 2 nitrogen and oxygen atoms in total. The van der Waals surface area contributed by atoms with Gasteiger partial charge in [-0.3, -0.25) is 4.79 Å². The van der Waals surface area contributed by atoms with Crippen LogP contribution in [0, 0.1) is 16.7 Å². The first-order chi connectivity index (χ1) is 5.74. The molecule has 3 fully saturated rings. The molecule has 2 atom stereocenters. The zero-order chi connectivity index (χ0) is 8.40. The predicted octanol–water partition coefficient (Wildman–Crippen LogP) is 1.74. The molecule has 0 bridgehead atoms. The highest BCUT2D eigenvalue weighted by Crippen LogP contribution is 2.91. The van der Waals surface area contributed by atoms with Crippen LogP contribution in [-0.2, 0) is 9.53 Å². The van der Waals surface area contributed by atoms with Gasteiger partial charge in [0.1, 0.15) is 0 Å². The minimum absolute atomic E-state index is 0.0706. The van der Waals surface area contributed by atoms with Gasteiger partial charge in [-0.2, -0.15) is 0 Å². The average Bonchev–Trinajstić information content (AvgIpc) is 2.89. The van der Waals surface area contributed by atoms with Gasteiger partial charge in [0, 0.05) is 0 Å². The molecular formula is C10H14O2. The molecule has 0 saturated heterocycles. The summed E-state index contributed by atoms with van der Waals surface area (Å²) in [6, 6.07) is 0. The molecule has 2 spiro atoms. The summed E-state index contributed by atoms with van der Waals surface area (Å²) in [6.45, 7) is 2.42. The molecule has 66 valence electrons. The van der Waals surface area contributed by atoms with Crippen molar-refractivity contribution in [2.45, 2.75) is 32.6 Å². The lowest BCUT2D eigenvalue weighted by molar-refractivity contribution is -0.145. The number of hydrogen-bond donors (Lipinski definition) is 0. The van der Waals surface area contributed by atoms with Gasteiger partial charge < -0.3 is 4.74 Å². The van der Waals surface area contributed by atoms with Crippen molar-refractivity contribution in [3.05, 3.63) is 0 Å². The maximum Gasteiger partial charge on any atom is 0.309 e. The summed E-state index contributed by atoms with van der Waals surface area (Å²) in [4.78, 5) is 11.4. The minimum Gasteiger partial charge on any atom is -0.466 e. The van der Waals surface area contributed by atoms with Crippen molar-refractivity contribution < 1.29 is 9.53 Å². The molecule has 0 unspecified atom stereocenters. The van der Waals surface area contributed by atoms with Crippen LogP contribution in [0.4, 0.5) is 0 Å². The van der Waals surface area contributed by atoms with Crippen LogP contribution in [0.5, 0.6) is 0 Å². The van der Waals surface area contributed by atoms with Gasteiger partial charge in [-0.05, 0) is 43.4 Å². The molecule has 2 heteroatoms. The van der Waals surface area contributed by atoms with Gasteiger partial charge in [0.25, 0.3) is 0 Å². The zero-order valence-electron chi connectivity index (χ0n) is 7.43. The van der Waals surface area contributed by atoms with Crippen molar-refractivity contribution >= 4 is 5.97 Å². The molecular weight excluding hydrogens is 152 g/mol. The van der Waals surface area contributed by atoms with E-state index in [9.17, 15) is 4.79 Å². The Morgan fingerprint density at radius 3 is 2.83 bits per heavy atom. The number of carbonyl (C=O) groups is 1. The van der Waals surface area contributed by atoms with Crippen molar-refractivity contribution in [3.8, 4) is 0 Å². The third-order valence-corrected chi connectivity index (χ3v) is 4.08. The number of carbonyl (C=O) groups excluding carboxylic acids is 1. The maximum atomic E-state index is 11.4. The molecule has 12 heavy (non-hydrogen) atoms. The van der Waals surface area contributed by atoms with E-state index >= 15 is 0 Å². The van der Waals surface area contributed by atoms with E-state index in [-0.39, 0.29) is 5.97 Å². The summed E-state index contributed by atoms with van der Waals surface area (Å²) in [5, 5.41) is 0. The van der Waals surface area contributed by atoms with Gasteiger partial charge in [-0.25, -0.2) is 0 Å². The van der Waals surface area contributed by atoms with E-state index in [1.54, 1.807) is 0 Å². The van der Waals surface area contributed by atoms with E-state index in [4.69, 9.17) is 4.74 Å². The highest BCUT2D eigenvalue weighted by Gasteiger charge is 2.85. The standard InChI is InChI=1S/C10H14O2/c1-2-12-8(11)7-5-10(7)6-9(10)3-4-9/h7H,2-6H2,1H3/t7-,10-/m1/s1. The van der Waals surface area contributed by atoms with E-state index in [1.807, 2.05) is 6.92 Å². The van der Waals surface area contributed by atoms with Crippen molar-refractivity contribution in [1.29, 1.82) is 0 Å². The Morgan fingerprint density at radius 2 is 2.33 bits per heavy atom. The SMILES string of the molecule is CCOC(=O)[C@H]1C[C@@]12CC21CC1. The van der Waals surface area contributed by atoms with E-state index in [0.717, 1.165) is 6.42 Å². The van der Waals surface area contributed by atoms with Gasteiger partial charge in [-0.15, -0.1) is 0 Å². The molecule has 3 rings (SSSR count). The Labute approximate surface area is 72.3 Å². The second kappa shape index (κ2) is 1.70. The molecule has 0 amide bonds. The van der Waals surface area contributed by atoms with Crippen LogP contribution < -0.4 is 0 Å². The first-order valence-electron chi connectivity index (χ1n) is 4.91. The number of hydrogen-bond acceptors (Lipinski definition) is 2. The van der Waals surface area contributed by atoms with Crippen molar-refractivity contribution in [1.82, 2.24) is 0 Å². The Morgan fingerprint density at radius 1 is 1.58 bits per heavy atom. The molecule has 0 aromatic heterocycles. The smallest absolute Gasteiger partial charge is 0.309 e. The van der Waals surface area contributed by atoms with Gasteiger partial charge in [0.05, 0.1) is 12.5 Å². The van der Waals surface area contributed by atoms with Crippen molar-refractivity contribution in [3.63, 3.8) is 0 Å². The maximum absolute atomic E-state index is 11.4. The first-order valence-corrected chi connectivity index (χ1v) is 4.91. The second-order valence-electron chi connectivity index (χ2n) is 4.62. The Balaban J connectivity index is 1.65. The lowest BCUT2D eigenvalue weighted by atomic mass is 10.2. The highest BCUT2D eigenvalue weighted by atomic mass is 16.5. The van der Waals surface area contributed by atoms with E-state index in [0.29, 0.717) is 23.4 Å². The lowest BCUT2D eigenvalue weighted by Crippen LogP contribution is -2.08. The summed E-state index contributed by atoms with van der Waals surface area (Å²) in [6.07, 6.45) is 5.21. The quantitative estimate of drug-likeness (QED) is 0.584. The van der Waals surface area contributed by atoms with Crippen molar-refractivity contribution in [2.24, 2.45) is 16.7 Å². The van der Waals surface area contributed by atoms with Crippen LogP contribution in [0.2, 0.25) is 0 Å². The highest BCUT2D eigenvalue weighted by molar-refractivity contribution is 5.79. The third kappa shape index (κ3) is 0.606. The fraction of sp³-hybridized carbons (Fsp3) is 0.900. The normalized spacial score (nSPS) is 44.6. The number of fused-ring (bicyclic) bond motifs is 1. The minimum atomic E-state index is 0.0706. The largest absolute Gasteiger partial charge is 0.466 e. The predicted molar refractivity (Wildman–Crippen MR) is 43.5 cm³/mol. The monoisotopic (exact) mass is 166 g/mol. The van der Waals surface area contributed by atoms with Crippen molar-refractivity contribution in [2.75, 3.05) is 6.61 Å². The molecule has 0 heterocycles. The number of rotatable bonds is 2. The molecule has 0 aromatic carbocycles. The molecule has 0 aromatic rings.